The van der Waals surface area contributed by atoms with E-state index in [4.69, 9.17) is 0 Å². The molecule has 3 heterocycles. The molecule has 0 saturated heterocycles. The molecule has 2 aliphatic rings. The Bertz CT molecular complexity index is 702. The highest BCUT2D eigenvalue weighted by Gasteiger charge is 2.35. The van der Waals surface area contributed by atoms with E-state index in [2.05, 4.69) is 15.1 Å². The zero-order valence-electron chi connectivity index (χ0n) is 12.1. The number of rotatable bonds is 2. The van der Waals surface area contributed by atoms with E-state index >= 15 is 0 Å². The van der Waals surface area contributed by atoms with Crippen molar-refractivity contribution in [1.29, 1.82) is 0 Å². The van der Waals surface area contributed by atoms with Gasteiger partial charge >= 0.3 is 0 Å². The molecule has 0 N–H and O–H groups in total. The van der Waals surface area contributed by atoms with Crippen molar-refractivity contribution in [3.63, 3.8) is 0 Å². The van der Waals surface area contributed by atoms with Gasteiger partial charge in [-0.3, -0.25) is 4.79 Å². The molecule has 0 aromatic carbocycles. The van der Waals surface area contributed by atoms with Gasteiger partial charge in [-0.15, -0.1) is 11.3 Å². The number of fused-ring (bicyclic) bond motifs is 1. The highest BCUT2D eigenvalue weighted by molar-refractivity contribution is 7.11. The number of carbonyl (C=O) groups is 1. The lowest BCUT2D eigenvalue weighted by Crippen LogP contribution is -2.41. The van der Waals surface area contributed by atoms with Crippen LogP contribution < -0.4 is 0 Å². The lowest BCUT2D eigenvalue weighted by Gasteiger charge is -2.32. The maximum atomic E-state index is 12.7. The van der Waals surface area contributed by atoms with E-state index in [9.17, 15) is 4.79 Å². The molecule has 2 aromatic heterocycles. The van der Waals surface area contributed by atoms with Crippen molar-refractivity contribution in [1.82, 2.24) is 24.6 Å². The molecule has 1 aliphatic carbocycles. The second-order valence-electron chi connectivity index (χ2n) is 5.77. The predicted octanol–water partition coefficient (Wildman–Crippen LogP) is 2.14. The molecule has 0 bridgehead atoms. The van der Waals surface area contributed by atoms with Gasteiger partial charge in [-0.05, 0) is 26.7 Å². The number of hydrogen-bond donors (Lipinski definition) is 0. The molecule has 2 aromatic rings. The van der Waals surface area contributed by atoms with E-state index in [1.54, 1.807) is 5.51 Å². The minimum atomic E-state index is -0.0345. The summed E-state index contributed by atoms with van der Waals surface area (Å²) in [7, 11) is 0. The van der Waals surface area contributed by atoms with Crippen LogP contribution in [0.2, 0.25) is 0 Å². The third-order valence-electron chi connectivity index (χ3n) is 4.25. The normalized spacial score (nSPS) is 21.4. The smallest absolute Gasteiger partial charge is 0.266 e. The summed E-state index contributed by atoms with van der Waals surface area (Å²) in [4.78, 5) is 24.2. The third-order valence-corrected chi connectivity index (χ3v) is 5.17. The predicted molar refractivity (Wildman–Crippen MR) is 78.3 cm³/mol. The van der Waals surface area contributed by atoms with Crippen molar-refractivity contribution in [2.45, 2.75) is 45.2 Å². The minimum absolute atomic E-state index is 0.0345. The first-order valence-electron chi connectivity index (χ1n) is 7.31. The average Bonchev–Trinajstić information content (AvgIpc) is 3.08. The van der Waals surface area contributed by atoms with Gasteiger partial charge in [0, 0.05) is 12.5 Å². The summed E-state index contributed by atoms with van der Waals surface area (Å²) >= 11 is 1.41. The number of carbonyl (C=O) groups excluding carboxylic acids is 1. The van der Waals surface area contributed by atoms with Gasteiger partial charge in [-0.2, -0.15) is 5.10 Å². The zero-order chi connectivity index (χ0) is 14.6. The Hall–Kier alpha value is -1.76. The molecule has 21 heavy (non-hydrogen) atoms. The summed E-state index contributed by atoms with van der Waals surface area (Å²) in [5, 5.41) is 4.60. The third kappa shape index (κ3) is 2.07. The molecular weight excluding hydrogens is 286 g/mol. The number of thiazole rings is 1. The van der Waals surface area contributed by atoms with Crippen LogP contribution in [-0.4, -0.2) is 37.1 Å². The maximum absolute atomic E-state index is 12.7. The molecule has 1 aliphatic heterocycles. The number of aryl methyl sites for hydroxylation is 1. The Balaban J connectivity index is 1.63. The van der Waals surface area contributed by atoms with E-state index in [1.165, 1.54) is 24.2 Å². The molecule has 6 nitrogen and oxygen atoms in total. The lowest BCUT2D eigenvalue weighted by atomic mass is 10.2. The molecule has 7 heteroatoms. The molecule has 1 fully saturated rings. The molecule has 1 saturated carbocycles. The second-order valence-corrected chi connectivity index (χ2v) is 6.62. The second kappa shape index (κ2) is 4.62. The van der Waals surface area contributed by atoms with Gasteiger partial charge < -0.3 is 4.90 Å². The summed E-state index contributed by atoms with van der Waals surface area (Å²) in [6, 6.07) is -0.0345. The van der Waals surface area contributed by atoms with Gasteiger partial charge in [0.05, 0.1) is 23.8 Å². The van der Waals surface area contributed by atoms with Crippen LogP contribution in [0.4, 0.5) is 0 Å². The van der Waals surface area contributed by atoms with Crippen molar-refractivity contribution in [3.05, 3.63) is 27.7 Å². The van der Waals surface area contributed by atoms with E-state index in [0.29, 0.717) is 12.5 Å². The standard InChI is InChI=1S/C14H17N5OS/c1-8-11(21-7-15-8)14(20)18-5-6-19-13(9(18)2)16-12(17-19)10-3-4-10/h7,9-10H,3-6H2,1-2H3/t9-/m1/s1. The van der Waals surface area contributed by atoms with E-state index < -0.39 is 0 Å². The van der Waals surface area contributed by atoms with Crippen molar-refractivity contribution < 1.29 is 4.79 Å². The molecule has 0 unspecified atom stereocenters. The molecular formula is C14H17N5OS. The van der Waals surface area contributed by atoms with Crippen LogP contribution in [0.15, 0.2) is 5.51 Å². The Morgan fingerprint density at radius 3 is 2.86 bits per heavy atom. The van der Waals surface area contributed by atoms with Crippen LogP contribution in [-0.2, 0) is 6.54 Å². The Morgan fingerprint density at radius 1 is 1.38 bits per heavy atom. The molecule has 1 atom stereocenters. The molecule has 1 amide bonds. The van der Waals surface area contributed by atoms with Gasteiger partial charge in [0.25, 0.3) is 5.91 Å². The van der Waals surface area contributed by atoms with Crippen molar-refractivity contribution in [2.24, 2.45) is 0 Å². The topological polar surface area (TPSA) is 63.9 Å². The number of aromatic nitrogens is 4. The summed E-state index contributed by atoms with van der Waals surface area (Å²) < 4.78 is 1.97. The highest BCUT2D eigenvalue weighted by atomic mass is 32.1. The Kier molecular flexibility index (Phi) is 2.85. The van der Waals surface area contributed by atoms with Gasteiger partial charge in [0.15, 0.2) is 5.82 Å². The lowest BCUT2D eigenvalue weighted by molar-refractivity contribution is 0.0635. The fourth-order valence-electron chi connectivity index (χ4n) is 2.81. The minimum Gasteiger partial charge on any atom is -0.326 e. The van der Waals surface area contributed by atoms with E-state index in [1.807, 2.05) is 23.4 Å². The first kappa shape index (κ1) is 12.9. The fourth-order valence-corrected chi connectivity index (χ4v) is 3.57. The first-order chi connectivity index (χ1) is 10.1. The Labute approximate surface area is 126 Å². The van der Waals surface area contributed by atoms with Crippen LogP contribution in [0.1, 0.15) is 58.7 Å². The van der Waals surface area contributed by atoms with Crippen molar-refractivity contribution >= 4 is 17.2 Å². The number of nitrogens with zero attached hydrogens (tertiary/aromatic N) is 5. The summed E-state index contributed by atoms with van der Waals surface area (Å²) in [6.45, 7) is 5.32. The molecule has 110 valence electrons. The number of hydrogen-bond acceptors (Lipinski definition) is 5. The molecule has 4 rings (SSSR count). The Morgan fingerprint density at radius 2 is 2.19 bits per heavy atom. The maximum Gasteiger partial charge on any atom is 0.266 e. The van der Waals surface area contributed by atoms with Gasteiger partial charge in [0.1, 0.15) is 10.7 Å². The zero-order valence-corrected chi connectivity index (χ0v) is 12.9. The largest absolute Gasteiger partial charge is 0.326 e. The van der Waals surface area contributed by atoms with Crippen molar-refractivity contribution in [2.75, 3.05) is 6.54 Å². The fraction of sp³-hybridized carbons (Fsp3) is 0.571. The average molecular weight is 303 g/mol. The van der Waals surface area contributed by atoms with Crippen LogP contribution in [0.5, 0.6) is 0 Å². The highest BCUT2D eigenvalue weighted by Crippen LogP contribution is 2.39. The monoisotopic (exact) mass is 303 g/mol. The number of amides is 1. The molecule has 0 spiro atoms. The van der Waals surface area contributed by atoms with E-state index in [-0.39, 0.29) is 11.9 Å². The van der Waals surface area contributed by atoms with Crippen LogP contribution in [0.25, 0.3) is 0 Å². The van der Waals surface area contributed by atoms with Crippen molar-refractivity contribution in [3.8, 4) is 0 Å². The van der Waals surface area contributed by atoms with Crippen LogP contribution in [0.3, 0.4) is 0 Å². The summed E-state index contributed by atoms with van der Waals surface area (Å²) in [5.41, 5.74) is 2.54. The van der Waals surface area contributed by atoms with Crippen LogP contribution >= 0.6 is 11.3 Å². The van der Waals surface area contributed by atoms with Gasteiger partial charge in [-0.1, -0.05) is 0 Å². The first-order valence-corrected chi connectivity index (χ1v) is 8.19. The molecule has 0 radical (unpaired) electrons. The summed E-state index contributed by atoms with van der Waals surface area (Å²) in [6.07, 6.45) is 2.39. The van der Waals surface area contributed by atoms with Crippen LogP contribution in [0, 0.1) is 6.92 Å². The quantitative estimate of drug-likeness (QED) is 0.852. The van der Waals surface area contributed by atoms with Gasteiger partial charge in [-0.25, -0.2) is 14.6 Å². The van der Waals surface area contributed by atoms with E-state index in [0.717, 1.165) is 28.8 Å². The van der Waals surface area contributed by atoms with Gasteiger partial charge in [0.2, 0.25) is 0 Å². The summed E-state index contributed by atoms with van der Waals surface area (Å²) in [5.74, 6) is 2.48. The SMILES string of the molecule is Cc1ncsc1C(=O)N1CCn2nc(C3CC3)nc2[C@H]1C.